The molecule has 6 heteroatoms. The van der Waals surface area contributed by atoms with Gasteiger partial charge in [-0.15, -0.1) is 0 Å². The second-order valence-electron chi connectivity index (χ2n) is 21.1. The third kappa shape index (κ3) is 7.94. The second-order valence-corrected chi connectivity index (χ2v) is 21.1. The summed E-state index contributed by atoms with van der Waals surface area (Å²) >= 11 is 0. The second kappa shape index (κ2) is 19.5. The molecule has 386 valence electrons. The van der Waals surface area contributed by atoms with Crippen LogP contribution in [-0.4, -0.2) is 19.1 Å². The van der Waals surface area contributed by atoms with Crippen LogP contribution in [0.4, 0.5) is 0 Å². The highest BCUT2D eigenvalue weighted by Gasteiger charge is 2.29. The highest BCUT2D eigenvalue weighted by atomic mass is 16.3. The molecule has 83 heavy (non-hydrogen) atoms. The minimum atomic E-state index is 0.489. The van der Waals surface area contributed by atoms with Gasteiger partial charge in [-0.2, -0.15) is 5.26 Å². The fraction of sp³-hybridized carbons (Fsp3) is 0. The Morgan fingerprint density at radius 3 is 1.14 bits per heavy atom. The molecular formula is C77H47N5O. The molecule has 0 aliphatic heterocycles. The zero-order chi connectivity index (χ0) is 55.0. The number of nitrogens with zero attached hydrogens (tertiary/aromatic N) is 5. The van der Waals surface area contributed by atoms with Crippen molar-refractivity contribution in [2.75, 3.05) is 0 Å². The van der Waals surface area contributed by atoms with E-state index >= 15 is 0 Å². The van der Waals surface area contributed by atoms with Crippen LogP contribution >= 0.6 is 0 Å². The van der Waals surface area contributed by atoms with Crippen LogP contribution in [0, 0.1) is 11.3 Å². The van der Waals surface area contributed by atoms with E-state index in [4.69, 9.17) is 14.4 Å². The van der Waals surface area contributed by atoms with Crippen molar-refractivity contribution >= 4 is 65.6 Å². The SMILES string of the molecule is N#Cc1cc(-n2c3ccc(-c4ccccc4)cc3c3cc(-c4ccccc4)ccc32)c(-n2c3ccc(-c4ccccc4)cc3c3cc(-c4ccccc4)ccc32)c2oc3c(-c4cc(-c5ccccc5)nc(-c5ccccc5)n4)cccc3c12. The summed E-state index contributed by atoms with van der Waals surface area (Å²) in [5, 5.41) is 17.6. The first-order valence-corrected chi connectivity index (χ1v) is 27.9. The molecule has 0 aliphatic carbocycles. The Morgan fingerprint density at radius 1 is 0.313 bits per heavy atom. The van der Waals surface area contributed by atoms with Crippen molar-refractivity contribution in [2.24, 2.45) is 0 Å². The first-order chi connectivity index (χ1) is 41.1. The van der Waals surface area contributed by atoms with Crippen LogP contribution in [0.25, 0.3) is 155 Å². The molecule has 0 aliphatic rings. The number of hydrogen-bond acceptors (Lipinski definition) is 4. The highest BCUT2D eigenvalue weighted by molar-refractivity contribution is 6.19. The first kappa shape index (κ1) is 47.6. The third-order valence-corrected chi connectivity index (χ3v) is 16.4. The predicted molar refractivity (Wildman–Crippen MR) is 341 cm³/mol. The molecule has 0 saturated heterocycles. The Hall–Kier alpha value is -11.4. The summed E-state index contributed by atoms with van der Waals surface area (Å²) in [5.41, 5.74) is 20.4. The maximum atomic E-state index is 11.7. The van der Waals surface area contributed by atoms with E-state index in [1.165, 1.54) is 0 Å². The fourth-order valence-electron chi connectivity index (χ4n) is 12.5. The summed E-state index contributed by atoms with van der Waals surface area (Å²) in [4.78, 5) is 10.5. The number of furan rings is 1. The van der Waals surface area contributed by atoms with E-state index in [-0.39, 0.29) is 0 Å². The molecule has 0 N–H and O–H groups in total. The summed E-state index contributed by atoms with van der Waals surface area (Å²) in [6.07, 6.45) is 0. The predicted octanol–water partition coefficient (Wildman–Crippen LogP) is 20.1. The average molecular weight is 1060 g/mol. The molecule has 4 heterocycles. The Bertz CT molecular complexity index is 4980. The quantitative estimate of drug-likeness (QED) is 0.144. The van der Waals surface area contributed by atoms with Crippen LogP contribution in [-0.2, 0) is 0 Å². The minimum absolute atomic E-state index is 0.489. The number of fused-ring (bicyclic) bond motifs is 9. The molecule has 16 aromatic rings. The summed E-state index contributed by atoms with van der Waals surface area (Å²) in [6, 6.07) is 103. The van der Waals surface area contributed by atoms with E-state index < -0.39 is 0 Å². The normalized spacial score (nSPS) is 11.6. The van der Waals surface area contributed by atoms with Crippen LogP contribution in [0.3, 0.4) is 0 Å². The van der Waals surface area contributed by atoms with Crippen LogP contribution in [0.15, 0.2) is 290 Å². The molecule has 6 nitrogen and oxygen atoms in total. The van der Waals surface area contributed by atoms with Gasteiger partial charge in [0.1, 0.15) is 11.3 Å². The maximum absolute atomic E-state index is 11.7. The molecule has 0 bridgehead atoms. The molecule has 16 rings (SSSR count). The van der Waals surface area contributed by atoms with Crippen molar-refractivity contribution in [1.82, 2.24) is 19.1 Å². The van der Waals surface area contributed by atoms with Gasteiger partial charge in [0, 0.05) is 49.0 Å². The zero-order valence-electron chi connectivity index (χ0n) is 44.8. The molecule has 4 aromatic heterocycles. The van der Waals surface area contributed by atoms with E-state index in [0.717, 1.165) is 133 Å². The number of aromatic nitrogens is 4. The molecule has 0 unspecified atom stereocenters. The highest BCUT2D eigenvalue weighted by Crippen LogP contribution is 2.48. The summed E-state index contributed by atoms with van der Waals surface area (Å²) in [7, 11) is 0. The summed E-state index contributed by atoms with van der Waals surface area (Å²) < 4.78 is 12.4. The lowest BCUT2D eigenvalue weighted by Gasteiger charge is -2.18. The van der Waals surface area contributed by atoms with Gasteiger partial charge in [-0.05, 0) is 111 Å². The average Bonchev–Trinajstić information content (AvgIpc) is 1.91. The molecule has 0 saturated carbocycles. The van der Waals surface area contributed by atoms with Gasteiger partial charge in [0.2, 0.25) is 0 Å². The maximum Gasteiger partial charge on any atom is 0.162 e. The summed E-state index contributed by atoms with van der Waals surface area (Å²) in [6.45, 7) is 0. The Balaban J connectivity index is 1.05. The number of para-hydroxylation sites is 1. The Morgan fingerprint density at radius 2 is 0.711 bits per heavy atom. The largest absolute Gasteiger partial charge is 0.453 e. The lowest BCUT2D eigenvalue weighted by atomic mass is 10.0. The van der Waals surface area contributed by atoms with Crippen molar-refractivity contribution in [3.63, 3.8) is 0 Å². The van der Waals surface area contributed by atoms with Gasteiger partial charge in [-0.25, -0.2) is 9.97 Å². The van der Waals surface area contributed by atoms with Crippen LogP contribution in [0.5, 0.6) is 0 Å². The molecule has 0 spiro atoms. The first-order valence-electron chi connectivity index (χ1n) is 27.9. The van der Waals surface area contributed by atoms with Gasteiger partial charge in [-0.1, -0.05) is 218 Å². The molecular weight excluding hydrogens is 1010 g/mol. The lowest BCUT2D eigenvalue weighted by molar-refractivity contribution is 0.666. The van der Waals surface area contributed by atoms with Crippen LogP contribution in [0.2, 0.25) is 0 Å². The molecule has 0 fully saturated rings. The number of rotatable bonds is 9. The van der Waals surface area contributed by atoms with Crippen molar-refractivity contribution < 1.29 is 4.42 Å². The standard InChI is InChI=1S/C77H47N5O/c78-48-59-46-72(81-68-38-34-55(49-20-7-1-8-21-49)42-62(68)63-43-56(35-39-69(63)81)50-22-9-2-10-23-50)74(82-70-40-36-57(51-24-11-3-12-25-51)44-64(70)65-45-58(37-41-71(65)82)52-26-13-4-14-27-52)76-73(59)61-33-19-32-60(75(61)83-76)67-47-66(53-28-15-5-16-29-53)79-77(80-67)54-30-17-6-18-31-54/h1-47H. The number of hydrogen-bond donors (Lipinski definition) is 0. The van der Waals surface area contributed by atoms with Crippen LogP contribution < -0.4 is 0 Å². The lowest BCUT2D eigenvalue weighted by Crippen LogP contribution is -2.05. The van der Waals surface area contributed by atoms with Crippen molar-refractivity contribution in [2.45, 2.75) is 0 Å². The number of benzene rings is 12. The smallest absolute Gasteiger partial charge is 0.162 e. The van der Waals surface area contributed by atoms with Gasteiger partial charge in [0.05, 0.1) is 50.8 Å². The monoisotopic (exact) mass is 1060 g/mol. The van der Waals surface area contributed by atoms with Gasteiger partial charge in [-0.3, -0.25) is 0 Å². The molecule has 12 aromatic carbocycles. The van der Waals surface area contributed by atoms with Gasteiger partial charge >= 0.3 is 0 Å². The molecule has 0 atom stereocenters. The van der Waals surface area contributed by atoms with Crippen LogP contribution in [0.1, 0.15) is 5.56 Å². The van der Waals surface area contributed by atoms with Gasteiger partial charge in [0.25, 0.3) is 0 Å². The van der Waals surface area contributed by atoms with Gasteiger partial charge in [0.15, 0.2) is 11.4 Å². The number of nitriles is 1. The van der Waals surface area contributed by atoms with E-state index in [9.17, 15) is 5.26 Å². The van der Waals surface area contributed by atoms with E-state index in [0.29, 0.717) is 28.2 Å². The summed E-state index contributed by atoms with van der Waals surface area (Å²) in [5.74, 6) is 0.600. The van der Waals surface area contributed by atoms with Crippen molar-refractivity contribution in [1.29, 1.82) is 5.26 Å². The minimum Gasteiger partial charge on any atom is -0.453 e. The molecule has 0 amide bonds. The molecule has 0 radical (unpaired) electrons. The topological polar surface area (TPSA) is 72.6 Å². The van der Waals surface area contributed by atoms with E-state index in [1.54, 1.807) is 0 Å². The van der Waals surface area contributed by atoms with Gasteiger partial charge < -0.3 is 13.6 Å². The zero-order valence-corrected chi connectivity index (χ0v) is 44.8. The van der Waals surface area contributed by atoms with E-state index in [2.05, 4.69) is 240 Å². The van der Waals surface area contributed by atoms with E-state index in [1.807, 2.05) is 60.7 Å². The van der Waals surface area contributed by atoms with Crippen molar-refractivity contribution in [3.05, 3.63) is 291 Å². The fourth-order valence-corrected chi connectivity index (χ4v) is 12.5. The Kier molecular flexibility index (Phi) is 11.2. The third-order valence-electron chi connectivity index (χ3n) is 16.4. The van der Waals surface area contributed by atoms with Crippen molar-refractivity contribution in [3.8, 4) is 95.9 Å². The Labute approximate surface area is 478 Å².